The third-order valence-corrected chi connectivity index (χ3v) is 7.65. The molecule has 0 saturated carbocycles. The van der Waals surface area contributed by atoms with Crippen molar-refractivity contribution in [3.8, 4) is 5.88 Å². The Bertz CT molecular complexity index is 1480. The number of hydrogen-bond donors (Lipinski definition) is 3. The molecule has 5 heterocycles. The third kappa shape index (κ3) is 5.77. The first kappa shape index (κ1) is 25.8. The van der Waals surface area contributed by atoms with Crippen LogP contribution >= 0.6 is 11.8 Å². The van der Waals surface area contributed by atoms with Crippen molar-refractivity contribution in [3.63, 3.8) is 0 Å². The average Bonchev–Trinajstić information content (AvgIpc) is 3.39. The van der Waals surface area contributed by atoms with E-state index in [-0.39, 0.29) is 0 Å². The van der Waals surface area contributed by atoms with Crippen LogP contribution in [0, 0.1) is 6.92 Å². The van der Waals surface area contributed by atoms with Crippen molar-refractivity contribution in [3.05, 3.63) is 42.2 Å². The third-order valence-electron chi connectivity index (χ3n) is 6.79. The van der Waals surface area contributed by atoms with Crippen LogP contribution in [0.3, 0.4) is 0 Å². The Kier molecular flexibility index (Phi) is 6.77. The number of halogens is 3. The lowest BCUT2D eigenvalue weighted by Gasteiger charge is -2.47. The molecule has 206 valence electrons. The summed E-state index contributed by atoms with van der Waals surface area (Å²) >= 11 is 1.30. The number of morpholine rings is 1. The summed E-state index contributed by atoms with van der Waals surface area (Å²) in [5, 5.41) is 22.0. The van der Waals surface area contributed by atoms with Crippen LogP contribution in [0.5, 0.6) is 5.88 Å². The van der Waals surface area contributed by atoms with Gasteiger partial charge in [-0.05, 0) is 36.9 Å². The number of hydrogen-bond acceptors (Lipinski definition) is 9. The number of nitrogens with one attached hydrogen (secondary N) is 2. The SMILES string of the molecule is Cc1cc(Nc2cc(N3CC(N4CCOCC4)C3)nc(Sc3ccc4c(O)n(CC(F)(F)F)cc4c3)n2)n[nH]1. The highest BCUT2D eigenvalue weighted by Gasteiger charge is 2.34. The molecule has 1 aromatic carbocycles. The minimum Gasteiger partial charge on any atom is -0.494 e. The quantitative estimate of drug-likeness (QED) is 0.288. The minimum absolute atomic E-state index is 0.351. The van der Waals surface area contributed by atoms with Crippen LogP contribution in [-0.2, 0) is 11.3 Å². The maximum atomic E-state index is 12.9. The number of benzene rings is 1. The Morgan fingerprint density at radius 1 is 1.13 bits per heavy atom. The summed E-state index contributed by atoms with van der Waals surface area (Å²) in [7, 11) is 0. The van der Waals surface area contributed by atoms with Gasteiger partial charge in [0, 0.05) is 71.9 Å². The van der Waals surface area contributed by atoms with Gasteiger partial charge in [0.1, 0.15) is 18.2 Å². The van der Waals surface area contributed by atoms with Gasteiger partial charge in [0.15, 0.2) is 16.9 Å². The molecule has 2 fully saturated rings. The summed E-state index contributed by atoms with van der Waals surface area (Å²) in [6.07, 6.45) is -3.13. The van der Waals surface area contributed by atoms with Gasteiger partial charge in [-0.1, -0.05) is 0 Å². The number of aromatic nitrogens is 5. The van der Waals surface area contributed by atoms with Crippen molar-refractivity contribution >= 4 is 40.0 Å². The number of rotatable bonds is 7. The Hall–Kier alpha value is -3.49. The molecule has 0 bridgehead atoms. The fourth-order valence-corrected chi connectivity index (χ4v) is 5.65. The zero-order valence-corrected chi connectivity index (χ0v) is 21.9. The van der Waals surface area contributed by atoms with E-state index in [4.69, 9.17) is 9.72 Å². The molecule has 2 saturated heterocycles. The number of alkyl halides is 3. The summed E-state index contributed by atoms with van der Waals surface area (Å²) in [6, 6.07) is 9.29. The van der Waals surface area contributed by atoms with Crippen molar-refractivity contribution < 1.29 is 23.0 Å². The van der Waals surface area contributed by atoms with Crippen LogP contribution in [0.1, 0.15) is 5.69 Å². The van der Waals surface area contributed by atoms with Crippen LogP contribution < -0.4 is 10.2 Å². The fourth-order valence-electron chi connectivity index (χ4n) is 4.83. The molecule has 4 aromatic rings. The van der Waals surface area contributed by atoms with Crippen molar-refractivity contribution in [2.75, 3.05) is 49.6 Å². The second-order valence-corrected chi connectivity index (χ2v) is 10.7. The average molecular weight is 561 g/mol. The zero-order chi connectivity index (χ0) is 27.1. The minimum atomic E-state index is -4.44. The molecule has 14 heteroatoms. The molecule has 0 amide bonds. The molecule has 0 spiro atoms. The van der Waals surface area contributed by atoms with Gasteiger partial charge < -0.3 is 24.6 Å². The number of fused-ring (bicyclic) bond motifs is 1. The topological polar surface area (TPSA) is 107 Å². The Morgan fingerprint density at radius 3 is 2.64 bits per heavy atom. The molecule has 2 aliphatic heterocycles. The van der Waals surface area contributed by atoms with Gasteiger partial charge in [-0.25, -0.2) is 9.97 Å². The Balaban J connectivity index is 1.25. The lowest BCUT2D eigenvalue weighted by Crippen LogP contribution is -2.61. The van der Waals surface area contributed by atoms with Gasteiger partial charge in [-0.3, -0.25) is 10.00 Å². The van der Waals surface area contributed by atoms with Gasteiger partial charge in [0.25, 0.3) is 0 Å². The van der Waals surface area contributed by atoms with Gasteiger partial charge in [-0.2, -0.15) is 18.3 Å². The molecule has 3 aromatic heterocycles. The monoisotopic (exact) mass is 560 g/mol. The van der Waals surface area contributed by atoms with E-state index in [1.807, 2.05) is 19.1 Å². The van der Waals surface area contributed by atoms with Crippen molar-refractivity contribution in [1.82, 2.24) is 29.6 Å². The predicted molar refractivity (Wildman–Crippen MR) is 141 cm³/mol. The van der Waals surface area contributed by atoms with Gasteiger partial charge in [-0.15, -0.1) is 0 Å². The van der Waals surface area contributed by atoms with Crippen LogP contribution in [0.25, 0.3) is 10.8 Å². The molecular formula is C25H27F3N8O2S. The first-order valence-corrected chi connectivity index (χ1v) is 13.3. The molecule has 3 N–H and O–H groups in total. The summed E-state index contributed by atoms with van der Waals surface area (Å²) in [6.45, 7) is 5.71. The van der Waals surface area contributed by atoms with Crippen LogP contribution in [-0.4, -0.2) is 86.3 Å². The number of aromatic hydroxyl groups is 1. The van der Waals surface area contributed by atoms with E-state index in [0.717, 1.165) is 60.4 Å². The Morgan fingerprint density at radius 2 is 1.92 bits per heavy atom. The number of H-pyrrole nitrogens is 1. The summed E-state index contributed by atoms with van der Waals surface area (Å²) in [5.41, 5.74) is 0.909. The van der Waals surface area contributed by atoms with Crippen molar-refractivity contribution in [2.24, 2.45) is 0 Å². The van der Waals surface area contributed by atoms with E-state index in [1.54, 1.807) is 18.2 Å². The second kappa shape index (κ2) is 10.2. The number of aromatic amines is 1. The lowest BCUT2D eigenvalue weighted by molar-refractivity contribution is -0.141. The van der Waals surface area contributed by atoms with E-state index in [9.17, 15) is 18.3 Å². The van der Waals surface area contributed by atoms with E-state index in [2.05, 4.69) is 30.3 Å². The zero-order valence-electron chi connectivity index (χ0n) is 21.1. The van der Waals surface area contributed by atoms with Gasteiger partial charge in [0.2, 0.25) is 0 Å². The first-order valence-electron chi connectivity index (χ1n) is 12.5. The molecule has 0 aliphatic carbocycles. The van der Waals surface area contributed by atoms with E-state index >= 15 is 0 Å². The molecule has 0 radical (unpaired) electrons. The number of ether oxygens (including phenoxy) is 1. The van der Waals surface area contributed by atoms with Gasteiger partial charge in [0.05, 0.1) is 13.2 Å². The van der Waals surface area contributed by atoms with Crippen LogP contribution in [0.4, 0.5) is 30.6 Å². The molecular weight excluding hydrogens is 533 g/mol. The second-order valence-electron chi connectivity index (χ2n) is 9.71. The molecule has 10 nitrogen and oxygen atoms in total. The summed E-state index contributed by atoms with van der Waals surface area (Å²) < 4.78 is 45.0. The molecule has 39 heavy (non-hydrogen) atoms. The summed E-state index contributed by atoms with van der Waals surface area (Å²) in [5.74, 6) is 1.58. The highest BCUT2D eigenvalue weighted by Crippen LogP contribution is 2.36. The van der Waals surface area contributed by atoms with Gasteiger partial charge >= 0.3 is 6.18 Å². The number of aryl methyl sites for hydroxylation is 1. The predicted octanol–water partition coefficient (Wildman–Crippen LogP) is 4.15. The largest absolute Gasteiger partial charge is 0.494 e. The Labute approximate surface area is 226 Å². The highest BCUT2D eigenvalue weighted by molar-refractivity contribution is 7.99. The maximum absolute atomic E-state index is 12.9. The molecule has 0 unspecified atom stereocenters. The van der Waals surface area contributed by atoms with E-state index in [0.29, 0.717) is 33.6 Å². The number of anilines is 3. The lowest BCUT2D eigenvalue weighted by atomic mass is 10.1. The standard InChI is InChI=1S/C25H27F3N8O2S/c1-15-8-21(33-32-15)29-20-10-22(35-12-17(13-35)34-4-6-38-7-5-34)31-24(30-20)39-18-2-3-19-16(9-18)11-36(23(19)37)14-25(26,27)28/h2-3,8-11,17,37H,4-7,12-14H2,1H3,(H2,29,30,31,32,33). The fraction of sp³-hybridized carbons (Fsp3) is 0.400. The van der Waals surface area contributed by atoms with Crippen LogP contribution in [0.15, 0.2) is 46.6 Å². The van der Waals surface area contributed by atoms with Crippen LogP contribution in [0.2, 0.25) is 0 Å². The number of nitrogens with zero attached hydrogens (tertiary/aromatic N) is 6. The summed E-state index contributed by atoms with van der Waals surface area (Å²) in [4.78, 5) is 14.8. The first-order chi connectivity index (χ1) is 18.7. The van der Waals surface area contributed by atoms with Crippen molar-refractivity contribution in [1.29, 1.82) is 0 Å². The van der Waals surface area contributed by atoms with E-state index < -0.39 is 18.6 Å². The molecule has 2 aliphatic rings. The maximum Gasteiger partial charge on any atom is 0.406 e. The smallest absolute Gasteiger partial charge is 0.406 e. The normalized spacial score (nSPS) is 17.1. The molecule has 6 rings (SSSR count). The van der Waals surface area contributed by atoms with E-state index in [1.165, 1.54) is 18.0 Å². The highest BCUT2D eigenvalue weighted by atomic mass is 32.2. The van der Waals surface area contributed by atoms with Crippen molar-refractivity contribution in [2.45, 2.75) is 35.7 Å². The molecule has 0 atom stereocenters.